The van der Waals surface area contributed by atoms with Gasteiger partial charge in [-0.1, -0.05) is 42.4 Å². The van der Waals surface area contributed by atoms with E-state index in [2.05, 4.69) is 35.3 Å². The van der Waals surface area contributed by atoms with Crippen LogP contribution in [0, 0.1) is 0 Å². The van der Waals surface area contributed by atoms with Crippen LogP contribution in [0.5, 0.6) is 0 Å². The topological polar surface area (TPSA) is 92.9 Å². The van der Waals surface area contributed by atoms with Gasteiger partial charge in [0.05, 0.1) is 6.54 Å². The lowest BCUT2D eigenvalue weighted by Crippen LogP contribution is -2.42. The van der Waals surface area contributed by atoms with Gasteiger partial charge in [0.2, 0.25) is 11.8 Å². The van der Waals surface area contributed by atoms with Crippen molar-refractivity contribution in [2.75, 3.05) is 18.4 Å². The zero-order valence-corrected chi connectivity index (χ0v) is 15.4. The van der Waals surface area contributed by atoms with Crippen LogP contribution in [-0.2, 0) is 13.0 Å². The van der Waals surface area contributed by atoms with Crippen LogP contribution in [0.25, 0.3) is 11.4 Å². The van der Waals surface area contributed by atoms with Crippen molar-refractivity contribution in [3.8, 4) is 11.4 Å². The Morgan fingerprint density at radius 3 is 2.89 bits per heavy atom. The Balaban J connectivity index is 1.39. The van der Waals surface area contributed by atoms with Crippen LogP contribution < -0.4 is 5.32 Å². The van der Waals surface area contributed by atoms with Gasteiger partial charge < -0.3 is 9.84 Å². The maximum atomic E-state index is 5.20. The lowest BCUT2D eigenvalue weighted by atomic mass is 10.1. The maximum Gasteiger partial charge on any atom is 0.226 e. The molecule has 3 heterocycles. The number of piperidine rings is 1. The quantitative estimate of drug-likeness (QED) is 0.712. The Bertz CT molecular complexity index is 867. The third-order valence-electron chi connectivity index (χ3n) is 4.62. The Morgan fingerprint density at radius 2 is 2.07 bits per heavy atom. The van der Waals surface area contributed by atoms with Crippen molar-refractivity contribution in [2.24, 2.45) is 0 Å². The molecule has 1 fully saturated rings. The maximum absolute atomic E-state index is 5.20. The van der Waals surface area contributed by atoms with Crippen LogP contribution >= 0.6 is 0 Å². The van der Waals surface area contributed by atoms with Crippen LogP contribution in [0.2, 0.25) is 0 Å². The number of benzene rings is 1. The minimum absolute atomic E-state index is 0.280. The molecular formula is C19H23N7O. The van der Waals surface area contributed by atoms with Crippen LogP contribution in [0.3, 0.4) is 0 Å². The molecule has 4 rings (SSSR count). The Morgan fingerprint density at radius 1 is 1.19 bits per heavy atom. The van der Waals surface area contributed by atoms with Gasteiger partial charge in [0.15, 0.2) is 11.6 Å². The molecule has 1 N–H and O–H groups in total. The second kappa shape index (κ2) is 8.22. The number of hydrogen-bond acceptors (Lipinski definition) is 8. The lowest BCUT2D eigenvalue weighted by Gasteiger charge is -2.32. The molecule has 1 atom stereocenters. The summed E-state index contributed by atoms with van der Waals surface area (Å²) in [4.78, 5) is 19.9. The van der Waals surface area contributed by atoms with E-state index in [0.717, 1.165) is 43.7 Å². The van der Waals surface area contributed by atoms with Gasteiger partial charge >= 0.3 is 0 Å². The highest BCUT2D eigenvalue weighted by Crippen LogP contribution is 2.18. The minimum atomic E-state index is 0.280. The van der Waals surface area contributed by atoms with Gasteiger partial charge in [-0.3, -0.25) is 4.90 Å². The van der Waals surface area contributed by atoms with Gasteiger partial charge in [-0.15, -0.1) is 0 Å². The van der Waals surface area contributed by atoms with Crippen molar-refractivity contribution in [1.29, 1.82) is 0 Å². The average molecular weight is 365 g/mol. The average Bonchev–Trinajstić information content (AvgIpc) is 3.17. The summed E-state index contributed by atoms with van der Waals surface area (Å²) in [6.07, 6.45) is 4.51. The number of aromatic nitrogens is 5. The fourth-order valence-electron chi connectivity index (χ4n) is 3.29. The molecule has 1 aromatic carbocycles. The van der Waals surface area contributed by atoms with Crippen LogP contribution in [0.15, 0.2) is 41.2 Å². The molecule has 1 unspecified atom stereocenters. The van der Waals surface area contributed by atoms with E-state index in [0.29, 0.717) is 24.2 Å². The smallest absolute Gasteiger partial charge is 0.226 e. The summed E-state index contributed by atoms with van der Waals surface area (Å²) in [5.74, 6) is 2.73. The molecule has 8 heteroatoms. The van der Waals surface area contributed by atoms with E-state index < -0.39 is 0 Å². The van der Waals surface area contributed by atoms with Crippen LogP contribution in [0.1, 0.15) is 31.5 Å². The first-order valence-electron chi connectivity index (χ1n) is 9.35. The van der Waals surface area contributed by atoms with Crippen molar-refractivity contribution < 1.29 is 4.52 Å². The van der Waals surface area contributed by atoms with Crippen molar-refractivity contribution in [1.82, 2.24) is 30.0 Å². The number of rotatable bonds is 6. The van der Waals surface area contributed by atoms with E-state index in [9.17, 15) is 0 Å². The molecular weight excluding hydrogens is 342 g/mol. The van der Waals surface area contributed by atoms with Gasteiger partial charge in [0.25, 0.3) is 0 Å². The number of aryl methyl sites for hydroxylation is 1. The van der Waals surface area contributed by atoms with Crippen LogP contribution in [-0.4, -0.2) is 49.1 Å². The molecule has 1 aliphatic rings. The van der Waals surface area contributed by atoms with E-state index in [1.54, 1.807) is 6.33 Å². The third-order valence-corrected chi connectivity index (χ3v) is 4.62. The zero-order chi connectivity index (χ0) is 18.5. The molecule has 2 aromatic heterocycles. The van der Waals surface area contributed by atoms with Gasteiger partial charge in [0.1, 0.15) is 6.33 Å². The van der Waals surface area contributed by atoms with Crippen LogP contribution in [0.4, 0.5) is 5.95 Å². The first-order valence-corrected chi connectivity index (χ1v) is 9.35. The normalized spacial score (nSPS) is 17.7. The number of anilines is 1. The fourth-order valence-corrected chi connectivity index (χ4v) is 3.29. The van der Waals surface area contributed by atoms with Gasteiger partial charge in [-0.05, 0) is 19.4 Å². The molecule has 0 saturated carbocycles. The van der Waals surface area contributed by atoms with E-state index in [-0.39, 0.29) is 6.04 Å². The first-order chi connectivity index (χ1) is 13.3. The number of hydrogen-bond donors (Lipinski definition) is 1. The lowest BCUT2D eigenvalue weighted by molar-refractivity contribution is 0.201. The van der Waals surface area contributed by atoms with Gasteiger partial charge in [0, 0.05) is 24.6 Å². The molecule has 140 valence electrons. The number of nitrogens with zero attached hydrogens (tertiary/aromatic N) is 6. The molecule has 0 spiro atoms. The van der Waals surface area contributed by atoms with Crippen molar-refractivity contribution in [2.45, 2.75) is 38.8 Å². The van der Waals surface area contributed by atoms with Crippen molar-refractivity contribution in [3.63, 3.8) is 0 Å². The van der Waals surface area contributed by atoms with Crippen molar-refractivity contribution >= 4 is 5.95 Å². The SMILES string of the molecule is CCc1nc(CN2CCCC(Nc3ncnc(-c4ccccc4)n3)C2)no1. The predicted molar refractivity (Wildman–Crippen MR) is 101 cm³/mol. The highest BCUT2D eigenvalue weighted by molar-refractivity contribution is 5.55. The zero-order valence-electron chi connectivity index (χ0n) is 15.4. The Kier molecular flexibility index (Phi) is 5.34. The summed E-state index contributed by atoms with van der Waals surface area (Å²) < 4.78 is 5.20. The molecule has 0 bridgehead atoms. The molecule has 0 amide bonds. The fraction of sp³-hybridized carbons (Fsp3) is 0.421. The Labute approximate surface area is 158 Å². The summed E-state index contributed by atoms with van der Waals surface area (Å²) in [6.45, 7) is 4.63. The highest BCUT2D eigenvalue weighted by atomic mass is 16.5. The summed E-state index contributed by atoms with van der Waals surface area (Å²) in [6, 6.07) is 10.2. The summed E-state index contributed by atoms with van der Waals surface area (Å²) in [5, 5.41) is 7.51. The standard InChI is InChI=1S/C19H23N7O/c1-2-17-23-16(25-27-17)12-26-10-6-9-15(11-26)22-19-21-13-20-18(24-19)14-7-4-3-5-8-14/h3-5,7-8,13,15H,2,6,9-12H2,1H3,(H,20,21,22,24). The second-order valence-corrected chi connectivity index (χ2v) is 6.68. The van der Waals surface area contributed by atoms with Crippen molar-refractivity contribution in [3.05, 3.63) is 48.4 Å². The van der Waals surface area contributed by atoms with Gasteiger partial charge in [-0.2, -0.15) is 9.97 Å². The molecule has 0 radical (unpaired) electrons. The molecule has 8 nitrogen and oxygen atoms in total. The second-order valence-electron chi connectivity index (χ2n) is 6.68. The largest absolute Gasteiger partial charge is 0.350 e. The predicted octanol–water partition coefficient (Wildman–Crippen LogP) is 2.56. The van der Waals surface area contributed by atoms with E-state index in [1.807, 2.05) is 37.3 Å². The summed E-state index contributed by atoms with van der Waals surface area (Å²) in [7, 11) is 0. The monoisotopic (exact) mass is 365 g/mol. The third kappa shape index (κ3) is 4.46. The minimum Gasteiger partial charge on any atom is -0.350 e. The molecule has 0 aliphatic carbocycles. The first kappa shape index (κ1) is 17.5. The molecule has 1 aliphatic heterocycles. The van der Waals surface area contributed by atoms with E-state index >= 15 is 0 Å². The van der Waals surface area contributed by atoms with E-state index in [1.165, 1.54) is 0 Å². The Hall–Kier alpha value is -2.87. The number of likely N-dealkylation sites (tertiary alicyclic amines) is 1. The summed E-state index contributed by atoms with van der Waals surface area (Å²) in [5.41, 5.74) is 0.983. The molecule has 27 heavy (non-hydrogen) atoms. The molecule has 1 saturated heterocycles. The van der Waals surface area contributed by atoms with E-state index in [4.69, 9.17) is 4.52 Å². The molecule has 3 aromatic rings. The highest BCUT2D eigenvalue weighted by Gasteiger charge is 2.22. The van der Waals surface area contributed by atoms with Gasteiger partial charge in [-0.25, -0.2) is 9.97 Å². The summed E-state index contributed by atoms with van der Waals surface area (Å²) >= 11 is 0. The number of nitrogens with one attached hydrogen (secondary N) is 1.